The molecule has 0 radical (unpaired) electrons. The first kappa shape index (κ1) is 20.3. The molecule has 3 saturated carbocycles. The fourth-order valence-electron chi connectivity index (χ4n) is 8.35. The molecule has 5 aliphatic rings. The minimum absolute atomic E-state index is 0.00892. The number of hydrogen-bond donors (Lipinski definition) is 0. The average molecular weight is 415 g/mol. The van der Waals surface area contributed by atoms with Gasteiger partial charge in [0.15, 0.2) is 5.78 Å². The third kappa shape index (κ3) is 2.56. The second kappa shape index (κ2) is 6.67. The second-order valence-electron chi connectivity index (χ2n) is 10.9. The Labute approximate surface area is 178 Å². The minimum Gasteiger partial charge on any atom is -0.466 e. The highest BCUT2D eigenvalue weighted by molar-refractivity contribution is 5.92. The van der Waals surface area contributed by atoms with Crippen LogP contribution in [0.4, 0.5) is 0 Å². The van der Waals surface area contributed by atoms with E-state index in [4.69, 9.17) is 9.47 Å². The summed E-state index contributed by atoms with van der Waals surface area (Å²) in [5.41, 5.74) is 0.734. The molecule has 5 nitrogen and oxygen atoms in total. The van der Waals surface area contributed by atoms with Crippen LogP contribution in [-0.4, -0.2) is 29.9 Å². The number of ether oxygens (including phenoxy) is 2. The first-order chi connectivity index (χ1) is 14.2. The number of carbonyl (C=O) groups is 3. The number of carbonyl (C=O) groups excluding carboxylic acids is 3. The first-order valence-corrected chi connectivity index (χ1v) is 11.9. The Kier molecular flexibility index (Phi) is 4.51. The minimum atomic E-state index is -0.349. The molecule has 4 fully saturated rings. The lowest BCUT2D eigenvalue weighted by atomic mass is 9.44. The van der Waals surface area contributed by atoms with Gasteiger partial charge in [0, 0.05) is 18.3 Å². The Balaban J connectivity index is 1.57. The highest BCUT2D eigenvalue weighted by atomic mass is 16.6. The zero-order chi connectivity index (χ0) is 21.3. The van der Waals surface area contributed by atoms with E-state index in [0.29, 0.717) is 37.7 Å². The van der Waals surface area contributed by atoms with Gasteiger partial charge in [0.2, 0.25) is 0 Å². The van der Waals surface area contributed by atoms with Crippen LogP contribution in [0.5, 0.6) is 0 Å². The molecule has 0 bridgehead atoms. The molecule has 5 heteroatoms. The topological polar surface area (TPSA) is 69.7 Å². The van der Waals surface area contributed by atoms with Crippen molar-refractivity contribution in [2.75, 3.05) is 6.61 Å². The molecule has 1 heterocycles. The summed E-state index contributed by atoms with van der Waals surface area (Å²) in [6, 6.07) is 0. The van der Waals surface area contributed by atoms with E-state index in [1.165, 1.54) is 5.57 Å². The summed E-state index contributed by atoms with van der Waals surface area (Å²) >= 11 is 0. The lowest BCUT2D eigenvalue weighted by Crippen LogP contribution is -2.58. The van der Waals surface area contributed by atoms with Crippen molar-refractivity contribution in [3.05, 3.63) is 11.6 Å². The van der Waals surface area contributed by atoms with Crippen LogP contribution >= 0.6 is 0 Å². The highest BCUT2D eigenvalue weighted by Gasteiger charge is 2.69. The van der Waals surface area contributed by atoms with E-state index in [2.05, 4.69) is 13.8 Å². The van der Waals surface area contributed by atoms with Gasteiger partial charge in [0.1, 0.15) is 5.60 Å². The van der Waals surface area contributed by atoms with Gasteiger partial charge < -0.3 is 9.47 Å². The number of esters is 2. The Morgan fingerprint density at radius 2 is 1.87 bits per heavy atom. The lowest BCUT2D eigenvalue weighted by Gasteiger charge is -2.60. The van der Waals surface area contributed by atoms with Crippen LogP contribution in [0.2, 0.25) is 0 Å². The van der Waals surface area contributed by atoms with Gasteiger partial charge >= 0.3 is 11.9 Å². The van der Waals surface area contributed by atoms with Crippen LogP contribution in [0.3, 0.4) is 0 Å². The van der Waals surface area contributed by atoms with Crippen molar-refractivity contribution in [1.82, 2.24) is 0 Å². The van der Waals surface area contributed by atoms with Crippen LogP contribution in [0, 0.1) is 34.5 Å². The van der Waals surface area contributed by atoms with E-state index in [9.17, 15) is 14.4 Å². The normalized spacial score (nSPS) is 47.2. The van der Waals surface area contributed by atoms with Crippen molar-refractivity contribution in [1.29, 1.82) is 0 Å². The summed E-state index contributed by atoms with van der Waals surface area (Å²) < 4.78 is 11.6. The SMILES string of the molecule is CCOC(=O)[C@@H]1CC2=CC(=O)CC[C@]2(C)[C@H]2CC[C@@]3(C)[C@@H](CC[C@@]34CCC(=O)O4)[C@H]12. The Bertz CT molecular complexity index is 829. The largest absolute Gasteiger partial charge is 0.466 e. The fraction of sp³-hybridized carbons (Fsp3) is 0.800. The maximum Gasteiger partial charge on any atom is 0.309 e. The molecule has 0 N–H and O–H groups in total. The van der Waals surface area contributed by atoms with Crippen molar-refractivity contribution in [3.8, 4) is 0 Å². The number of allylic oxidation sites excluding steroid dienone is 1. The summed E-state index contributed by atoms with van der Waals surface area (Å²) in [6.07, 6.45) is 9.28. The molecule has 1 saturated heterocycles. The number of ketones is 1. The quantitative estimate of drug-likeness (QED) is 0.627. The molecule has 5 rings (SSSR count). The van der Waals surface area contributed by atoms with Crippen LogP contribution in [0.15, 0.2) is 11.6 Å². The van der Waals surface area contributed by atoms with Gasteiger partial charge in [-0.25, -0.2) is 0 Å². The molecule has 0 amide bonds. The summed E-state index contributed by atoms with van der Waals surface area (Å²) in [7, 11) is 0. The predicted molar refractivity (Wildman–Crippen MR) is 110 cm³/mol. The van der Waals surface area contributed by atoms with Crippen molar-refractivity contribution in [3.63, 3.8) is 0 Å². The molecule has 7 atom stereocenters. The molecule has 0 aromatic rings. The molecule has 1 spiro atoms. The van der Waals surface area contributed by atoms with Gasteiger partial charge in [0.05, 0.1) is 12.5 Å². The Morgan fingerprint density at radius 3 is 2.57 bits per heavy atom. The number of fused-ring (bicyclic) bond motifs is 6. The summed E-state index contributed by atoms with van der Waals surface area (Å²) in [4.78, 5) is 37.5. The standard InChI is InChI=1S/C25H34O5/c1-4-29-22(28)17-14-15-13-16(26)5-9-23(15,2)18-6-10-24(3)19(21(17)18)7-11-25(24)12-8-20(27)30-25/h13,17-19,21H,4-12,14H2,1-3H3/t17-,18+,19+,21-,23+,24+,25-/m1/s1. The van der Waals surface area contributed by atoms with Crippen molar-refractivity contribution < 1.29 is 23.9 Å². The lowest BCUT2D eigenvalue weighted by molar-refractivity contribution is -0.178. The maximum absolute atomic E-state index is 13.2. The van der Waals surface area contributed by atoms with Gasteiger partial charge in [-0.2, -0.15) is 0 Å². The van der Waals surface area contributed by atoms with Crippen molar-refractivity contribution in [2.45, 2.75) is 84.2 Å². The van der Waals surface area contributed by atoms with Crippen LogP contribution in [-0.2, 0) is 23.9 Å². The number of rotatable bonds is 2. The Morgan fingerprint density at radius 1 is 1.10 bits per heavy atom. The molecule has 30 heavy (non-hydrogen) atoms. The van der Waals surface area contributed by atoms with Crippen molar-refractivity contribution >= 4 is 17.7 Å². The number of hydrogen-bond acceptors (Lipinski definition) is 5. The molecule has 0 aromatic carbocycles. The van der Waals surface area contributed by atoms with E-state index in [1.807, 2.05) is 13.0 Å². The van der Waals surface area contributed by atoms with E-state index in [-0.39, 0.29) is 46.0 Å². The van der Waals surface area contributed by atoms with Gasteiger partial charge in [-0.05, 0) is 81.1 Å². The highest BCUT2D eigenvalue weighted by Crippen LogP contribution is 2.70. The van der Waals surface area contributed by atoms with Crippen LogP contribution in [0.1, 0.15) is 78.6 Å². The molecule has 164 valence electrons. The monoisotopic (exact) mass is 414 g/mol. The molecule has 4 aliphatic carbocycles. The van der Waals surface area contributed by atoms with E-state index in [1.54, 1.807) is 0 Å². The fourth-order valence-corrected chi connectivity index (χ4v) is 8.35. The summed E-state index contributed by atoms with van der Waals surface area (Å²) in [5.74, 6) is 0.795. The second-order valence-corrected chi connectivity index (χ2v) is 10.9. The van der Waals surface area contributed by atoms with Gasteiger partial charge in [-0.15, -0.1) is 0 Å². The van der Waals surface area contributed by atoms with E-state index in [0.717, 1.165) is 38.5 Å². The maximum atomic E-state index is 13.2. The molecule has 0 unspecified atom stereocenters. The zero-order valence-corrected chi connectivity index (χ0v) is 18.5. The van der Waals surface area contributed by atoms with Crippen LogP contribution < -0.4 is 0 Å². The van der Waals surface area contributed by atoms with E-state index >= 15 is 0 Å². The van der Waals surface area contributed by atoms with Gasteiger partial charge in [0.25, 0.3) is 0 Å². The Hall–Kier alpha value is -1.65. The molecule has 1 aliphatic heterocycles. The third-order valence-corrected chi connectivity index (χ3v) is 9.94. The van der Waals surface area contributed by atoms with Crippen LogP contribution in [0.25, 0.3) is 0 Å². The third-order valence-electron chi connectivity index (χ3n) is 9.94. The average Bonchev–Trinajstić information content (AvgIpc) is 3.22. The summed E-state index contributed by atoms with van der Waals surface area (Å²) in [6.45, 7) is 6.89. The first-order valence-electron chi connectivity index (χ1n) is 11.9. The molecular weight excluding hydrogens is 380 g/mol. The zero-order valence-electron chi connectivity index (χ0n) is 18.5. The predicted octanol–water partition coefficient (Wildman–Crippen LogP) is 4.38. The van der Waals surface area contributed by atoms with Gasteiger partial charge in [-0.1, -0.05) is 19.4 Å². The molecular formula is C25H34O5. The van der Waals surface area contributed by atoms with E-state index < -0.39 is 0 Å². The van der Waals surface area contributed by atoms with Gasteiger partial charge in [-0.3, -0.25) is 14.4 Å². The summed E-state index contributed by atoms with van der Waals surface area (Å²) in [5, 5.41) is 0. The smallest absolute Gasteiger partial charge is 0.309 e. The molecule has 0 aromatic heterocycles. The van der Waals surface area contributed by atoms with Crippen molar-refractivity contribution in [2.24, 2.45) is 34.5 Å².